The molecule has 5 rings (SSSR count). The molecule has 7 heteroatoms. The molecule has 0 amide bonds. The highest BCUT2D eigenvalue weighted by molar-refractivity contribution is 7.80. The normalized spacial score (nSPS) is 17.2. The van der Waals surface area contributed by atoms with E-state index in [1.165, 1.54) is 11.3 Å². The van der Waals surface area contributed by atoms with Crippen molar-refractivity contribution in [2.24, 2.45) is 0 Å². The lowest BCUT2D eigenvalue weighted by atomic mass is 9.96. The van der Waals surface area contributed by atoms with Gasteiger partial charge < -0.3 is 24.4 Å². The van der Waals surface area contributed by atoms with Gasteiger partial charge >= 0.3 is 0 Å². The van der Waals surface area contributed by atoms with Crippen molar-refractivity contribution in [1.82, 2.24) is 14.9 Å². The fourth-order valence-corrected chi connectivity index (χ4v) is 5.42. The highest BCUT2D eigenvalue weighted by Gasteiger charge is 2.42. The van der Waals surface area contributed by atoms with E-state index in [0.717, 1.165) is 34.2 Å². The van der Waals surface area contributed by atoms with Crippen LogP contribution in [-0.4, -0.2) is 35.9 Å². The molecule has 2 aromatic heterocycles. The number of methoxy groups -OCH3 is 1. The number of hydrogen-bond acceptors (Lipinski definition) is 4. The molecule has 0 radical (unpaired) electrons. The number of nitrogens with zero attached hydrogens (tertiary/aromatic N) is 4. The van der Waals surface area contributed by atoms with Crippen LogP contribution in [0.1, 0.15) is 34.7 Å². The maximum atomic E-state index is 5.92. The first kappa shape index (κ1) is 23.9. The molecule has 3 heterocycles. The van der Waals surface area contributed by atoms with E-state index >= 15 is 0 Å². The molecule has 2 aromatic carbocycles. The molecule has 0 bridgehead atoms. The third-order valence-electron chi connectivity index (χ3n) is 6.86. The Morgan fingerprint density at radius 3 is 2.25 bits per heavy atom. The van der Waals surface area contributed by atoms with Gasteiger partial charge in [-0.1, -0.05) is 6.07 Å². The maximum Gasteiger partial charge on any atom is 0.174 e. The average Bonchev–Trinajstić information content (AvgIpc) is 3.39. The average molecular weight is 498 g/mol. The molecule has 1 aliphatic rings. The van der Waals surface area contributed by atoms with Gasteiger partial charge in [0.15, 0.2) is 5.11 Å². The van der Waals surface area contributed by atoms with Crippen molar-refractivity contribution in [3.05, 3.63) is 102 Å². The van der Waals surface area contributed by atoms with Crippen LogP contribution in [0.5, 0.6) is 5.75 Å². The lowest BCUT2D eigenvalue weighted by Crippen LogP contribution is -2.29. The van der Waals surface area contributed by atoms with Gasteiger partial charge in [-0.3, -0.25) is 4.98 Å². The van der Waals surface area contributed by atoms with Crippen LogP contribution in [0.3, 0.4) is 0 Å². The Labute approximate surface area is 218 Å². The molecule has 4 aromatic rings. The predicted octanol–water partition coefficient (Wildman–Crippen LogP) is 5.74. The Morgan fingerprint density at radius 1 is 0.944 bits per heavy atom. The molecule has 2 atom stereocenters. The Balaban J connectivity index is 1.63. The van der Waals surface area contributed by atoms with E-state index in [1.54, 1.807) is 7.11 Å². The molecule has 1 aliphatic heterocycles. The number of aromatic nitrogens is 2. The number of anilines is 2. The van der Waals surface area contributed by atoms with Gasteiger partial charge in [-0.25, -0.2) is 0 Å². The fourth-order valence-electron chi connectivity index (χ4n) is 5.08. The molecule has 0 saturated carbocycles. The van der Waals surface area contributed by atoms with Crippen LogP contribution in [0.2, 0.25) is 0 Å². The summed E-state index contributed by atoms with van der Waals surface area (Å²) in [7, 11) is 5.78. The number of aryl methyl sites for hydroxylation is 1. The van der Waals surface area contributed by atoms with Crippen molar-refractivity contribution in [1.29, 1.82) is 0 Å². The van der Waals surface area contributed by atoms with E-state index in [2.05, 4.69) is 82.1 Å². The van der Waals surface area contributed by atoms with Gasteiger partial charge in [0.25, 0.3) is 0 Å². The van der Waals surface area contributed by atoms with Crippen LogP contribution >= 0.6 is 12.2 Å². The zero-order valence-corrected chi connectivity index (χ0v) is 22.1. The summed E-state index contributed by atoms with van der Waals surface area (Å²) in [6, 6.07) is 24.9. The minimum atomic E-state index is -0.0861. The van der Waals surface area contributed by atoms with E-state index in [9.17, 15) is 0 Å². The number of rotatable bonds is 6. The summed E-state index contributed by atoms with van der Waals surface area (Å²) >= 11 is 5.92. The van der Waals surface area contributed by atoms with Crippen LogP contribution in [0, 0.1) is 13.8 Å². The van der Waals surface area contributed by atoms with Gasteiger partial charge in [0.1, 0.15) is 5.75 Å². The third-order valence-corrected chi connectivity index (χ3v) is 7.18. The first-order chi connectivity index (χ1) is 17.4. The quantitative estimate of drug-likeness (QED) is 0.343. The first-order valence-electron chi connectivity index (χ1n) is 12.0. The van der Waals surface area contributed by atoms with Crippen LogP contribution in [0.25, 0.3) is 5.69 Å². The Morgan fingerprint density at radius 2 is 1.64 bits per heavy atom. The minimum absolute atomic E-state index is 0.0594. The van der Waals surface area contributed by atoms with Crippen LogP contribution in [-0.2, 0) is 0 Å². The van der Waals surface area contributed by atoms with Gasteiger partial charge in [0.05, 0.1) is 24.9 Å². The lowest BCUT2D eigenvalue weighted by molar-refractivity contribution is 0.414. The van der Waals surface area contributed by atoms with Gasteiger partial charge in [-0.2, -0.15) is 0 Å². The van der Waals surface area contributed by atoms with Gasteiger partial charge in [-0.15, -0.1) is 0 Å². The highest BCUT2D eigenvalue weighted by Crippen LogP contribution is 2.44. The van der Waals surface area contributed by atoms with E-state index in [4.69, 9.17) is 21.9 Å². The van der Waals surface area contributed by atoms with E-state index in [0.29, 0.717) is 5.11 Å². The van der Waals surface area contributed by atoms with Crippen molar-refractivity contribution >= 4 is 28.7 Å². The largest absolute Gasteiger partial charge is 0.497 e. The molecular formula is C29H31N5OS. The summed E-state index contributed by atoms with van der Waals surface area (Å²) in [6.07, 6.45) is 1.84. The molecule has 0 unspecified atom stereocenters. The van der Waals surface area contributed by atoms with Crippen LogP contribution in [0.15, 0.2) is 79.0 Å². The van der Waals surface area contributed by atoms with Gasteiger partial charge in [-0.05, 0) is 98.4 Å². The summed E-state index contributed by atoms with van der Waals surface area (Å²) in [5.41, 5.74) is 7.80. The molecular weight excluding hydrogens is 466 g/mol. The Hall–Kier alpha value is -3.84. The van der Waals surface area contributed by atoms with Crippen molar-refractivity contribution in [3.63, 3.8) is 0 Å². The second kappa shape index (κ2) is 9.66. The molecule has 1 saturated heterocycles. The Kier molecular flexibility index (Phi) is 6.41. The molecule has 36 heavy (non-hydrogen) atoms. The van der Waals surface area contributed by atoms with Crippen LogP contribution < -0.4 is 19.9 Å². The highest BCUT2D eigenvalue weighted by atomic mass is 32.1. The molecule has 0 spiro atoms. The summed E-state index contributed by atoms with van der Waals surface area (Å²) < 4.78 is 7.66. The zero-order valence-electron chi connectivity index (χ0n) is 21.3. The SMILES string of the molecule is COc1ccc(-n2c(C)cc([C@H]3[C@@H](c4ccccn4)NC(=S)N3c3ccc(N(C)C)cc3)c2C)cc1. The third kappa shape index (κ3) is 4.20. The smallest absolute Gasteiger partial charge is 0.174 e. The van der Waals surface area contributed by atoms with E-state index < -0.39 is 0 Å². The molecule has 184 valence electrons. The second-order valence-corrected chi connectivity index (χ2v) is 9.65. The van der Waals surface area contributed by atoms with Crippen molar-refractivity contribution in [3.8, 4) is 11.4 Å². The maximum absolute atomic E-state index is 5.92. The topological polar surface area (TPSA) is 45.6 Å². The number of thiocarbonyl (C=S) groups is 1. The monoisotopic (exact) mass is 497 g/mol. The van der Waals surface area contributed by atoms with Crippen molar-refractivity contribution in [2.75, 3.05) is 31.0 Å². The van der Waals surface area contributed by atoms with E-state index in [1.807, 2.05) is 44.6 Å². The summed E-state index contributed by atoms with van der Waals surface area (Å²) in [6.45, 7) is 4.32. The van der Waals surface area contributed by atoms with E-state index in [-0.39, 0.29) is 12.1 Å². The predicted molar refractivity (Wildman–Crippen MR) is 150 cm³/mol. The number of ether oxygens (including phenoxy) is 1. The number of pyridine rings is 1. The Bertz CT molecular complexity index is 1360. The fraction of sp³-hybridized carbons (Fsp3) is 0.241. The minimum Gasteiger partial charge on any atom is -0.497 e. The summed E-state index contributed by atoms with van der Waals surface area (Å²) in [4.78, 5) is 9.02. The molecule has 0 aliphatic carbocycles. The first-order valence-corrected chi connectivity index (χ1v) is 12.4. The summed E-state index contributed by atoms with van der Waals surface area (Å²) in [5, 5.41) is 4.27. The molecule has 1 N–H and O–H groups in total. The van der Waals surface area contributed by atoms with Gasteiger partial charge in [0, 0.05) is 48.7 Å². The zero-order chi connectivity index (χ0) is 25.4. The standard InChI is InChI=1S/C29H31N5OS/c1-19-18-25(20(2)33(19)22-13-15-24(35-5)16-14-22)28-27(26-8-6-7-17-30-26)31-29(36)34(28)23-11-9-21(10-12-23)32(3)4/h6-18,27-28H,1-5H3,(H,31,36)/t27-,28+/m1/s1. The second-order valence-electron chi connectivity index (χ2n) is 9.27. The molecule has 1 fully saturated rings. The number of hydrogen-bond donors (Lipinski definition) is 1. The molecule has 6 nitrogen and oxygen atoms in total. The van der Waals surface area contributed by atoms with Gasteiger partial charge in [0.2, 0.25) is 0 Å². The lowest BCUT2D eigenvalue weighted by Gasteiger charge is -2.28. The van der Waals surface area contributed by atoms with Crippen molar-refractivity contribution in [2.45, 2.75) is 25.9 Å². The van der Waals surface area contributed by atoms with Crippen molar-refractivity contribution < 1.29 is 4.74 Å². The number of nitrogens with one attached hydrogen (secondary N) is 1. The van der Waals surface area contributed by atoms with Crippen LogP contribution in [0.4, 0.5) is 11.4 Å². The summed E-state index contributed by atoms with van der Waals surface area (Å²) in [5.74, 6) is 0.842. The number of benzene rings is 2.